The van der Waals surface area contributed by atoms with E-state index >= 15 is 0 Å². The number of hydrogen-bond acceptors (Lipinski definition) is 3. The van der Waals surface area contributed by atoms with E-state index in [0.29, 0.717) is 0 Å². The number of esters is 1. The summed E-state index contributed by atoms with van der Waals surface area (Å²) in [4.78, 5) is 11.4. The molecule has 0 saturated heterocycles. The lowest BCUT2D eigenvalue weighted by Gasteiger charge is -2.09. The van der Waals surface area contributed by atoms with Crippen LogP contribution in [0.3, 0.4) is 0 Å². The third-order valence-electron chi connectivity index (χ3n) is 1.76. The van der Waals surface area contributed by atoms with Crippen molar-refractivity contribution in [1.29, 1.82) is 0 Å². The monoisotopic (exact) mass is 232 g/mol. The maximum absolute atomic E-state index is 13.5. The van der Waals surface area contributed by atoms with Crippen LogP contribution in [0.25, 0.3) is 0 Å². The molecule has 0 fully saturated rings. The Morgan fingerprint density at radius 3 is 2.73 bits per heavy atom. The predicted molar refractivity (Wildman–Crippen MR) is 53.9 cm³/mol. The summed E-state index contributed by atoms with van der Waals surface area (Å²) in [6, 6.07) is 2.73. The highest BCUT2D eigenvalue weighted by Gasteiger charge is 2.21. The van der Waals surface area contributed by atoms with Gasteiger partial charge in [-0.3, -0.25) is 0 Å². The first kappa shape index (κ1) is 11.8. The fourth-order valence-corrected chi connectivity index (χ4v) is 1.25. The van der Waals surface area contributed by atoms with E-state index in [9.17, 15) is 9.18 Å². The number of carbonyl (C=O) groups is 1. The first-order chi connectivity index (χ1) is 7.11. The average Bonchev–Trinajstić information content (AvgIpc) is 2.22. The normalized spacial score (nSPS) is 9.87. The molecule has 3 nitrogen and oxygen atoms in total. The van der Waals surface area contributed by atoms with Crippen LogP contribution in [0.2, 0.25) is 5.02 Å². The van der Waals surface area contributed by atoms with Crippen molar-refractivity contribution in [3.05, 3.63) is 28.5 Å². The van der Waals surface area contributed by atoms with Crippen molar-refractivity contribution in [3.8, 4) is 5.75 Å². The largest absolute Gasteiger partial charge is 0.496 e. The van der Waals surface area contributed by atoms with E-state index in [1.54, 1.807) is 6.92 Å². The molecular formula is C10H10ClFO3. The molecule has 0 spiro atoms. The molecule has 0 aliphatic carbocycles. The Hall–Kier alpha value is -1.29. The number of hydrogen-bond donors (Lipinski definition) is 0. The Morgan fingerprint density at radius 2 is 2.20 bits per heavy atom. The van der Waals surface area contributed by atoms with Crippen molar-refractivity contribution < 1.29 is 18.7 Å². The molecule has 0 N–H and O–H groups in total. The van der Waals surface area contributed by atoms with Crippen molar-refractivity contribution in [2.75, 3.05) is 13.7 Å². The molecule has 82 valence electrons. The number of ether oxygens (including phenoxy) is 2. The second kappa shape index (κ2) is 4.98. The molecule has 0 aliphatic heterocycles. The molecular weight excluding hydrogens is 223 g/mol. The van der Waals surface area contributed by atoms with Crippen molar-refractivity contribution in [1.82, 2.24) is 0 Å². The van der Waals surface area contributed by atoms with E-state index in [0.717, 1.165) is 0 Å². The lowest BCUT2D eigenvalue weighted by molar-refractivity contribution is 0.0517. The SMILES string of the molecule is CCOC(=O)c1c(OC)ccc(Cl)c1F. The van der Waals surface area contributed by atoms with Crippen LogP contribution >= 0.6 is 11.6 Å². The van der Waals surface area contributed by atoms with Gasteiger partial charge < -0.3 is 9.47 Å². The summed E-state index contributed by atoms with van der Waals surface area (Å²) in [5.41, 5.74) is -0.271. The van der Waals surface area contributed by atoms with Crippen LogP contribution in [-0.4, -0.2) is 19.7 Å². The van der Waals surface area contributed by atoms with Crippen LogP contribution in [0, 0.1) is 5.82 Å². The quantitative estimate of drug-likeness (QED) is 0.752. The molecule has 0 aliphatic rings. The molecule has 0 radical (unpaired) electrons. The first-order valence-electron chi connectivity index (χ1n) is 4.31. The number of halogens is 2. The van der Waals surface area contributed by atoms with Gasteiger partial charge in [0.15, 0.2) is 5.82 Å². The summed E-state index contributed by atoms with van der Waals surface area (Å²) in [7, 11) is 1.34. The minimum Gasteiger partial charge on any atom is -0.496 e. The molecule has 0 saturated carbocycles. The smallest absolute Gasteiger partial charge is 0.344 e. The second-order valence-corrected chi connectivity index (χ2v) is 3.07. The van der Waals surface area contributed by atoms with Crippen LogP contribution < -0.4 is 4.74 Å². The van der Waals surface area contributed by atoms with E-state index < -0.39 is 11.8 Å². The molecule has 1 rings (SSSR count). The Labute approximate surface area is 91.7 Å². The van der Waals surface area contributed by atoms with E-state index in [1.165, 1.54) is 19.2 Å². The lowest BCUT2D eigenvalue weighted by atomic mass is 10.2. The molecule has 15 heavy (non-hydrogen) atoms. The van der Waals surface area contributed by atoms with Crippen LogP contribution in [-0.2, 0) is 4.74 Å². The van der Waals surface area contributed by atoms with Gasteiger partial charge in [0.25, 0.3) is 0 Å². The van der Waals surface area contributed by atoms with E-state index in [-0.39, 0.29) is 22.9 Å². The minimum atomic E-state index is -0.825. The summed E-state index contributed by atoms with van der Waals surface area (Å²) < 4.78 is 23.0. The van der Waals surface area contributed by atoms with Crippen molar-refractivity contribution in [2.24, 2.45) is 0 Å². The Balaban J connectivity index is 3.23. The van der Waals surface area contributed by atoms with Crippen LogP contribution in [0.4, 0.5) is 4.39 Å². The van der Waals surface area contributed by atoms with Gasteiger partial charge in [0.05, 0.1) is 18.7 Å². The molecule has 0 heterocycles. The van der Waals surface area contributed by atoms with Gasteiger partial charge in [-0.25, -0.2) is 9.18 Å². The standard InChI is InChI=1S/C10H10ClFO3/c1-3-15-10(13)8-7(14-2)5-4-6(11)9(8)12/h4-5H,3H2,1-2H3. The maximum Gasteiger partial charge on any atom is 0.344 e. The molecule has 0 unspecified atom stereocenters. The lowest BCUT2D eigenvalue weighted by Crippen LogP contribution is -2.09. The van der Waals surface area contributed by atoms with Crippen LogP contribution in [0.5, 0.6) is 5.75 Å². The van der Waals surface area contributed by atoms with Crippen molar-refractivity contribution >= 4 is 17.6 Å². The Kier molecular flexibility index (Phi) is 3.91. The highest BCUT2D eigenvalue weighted by molar-refractivity contribution is 6.31. The molecule has 0 atom stereocenters. The molecule has 0 bridgehead atoms. The molecule has 5 heteroatoms. The van der Waals surface area contributed by atoms with Gasteiger partial charge >= 0.3 is 5.97 Å². The fraction of sp³-hybridized carbons (Fsp3) is 0.300. The fourth-order valence-electron chi connectivity index (χ4n) is 1.10. The Morgan fingerprint density at radius 1 is 1.53 bits per heavy atom. The van der Waals surface area contributed by atoms with E-state index in [1.807, 2.05) is 0 Å². The number of methoxy groups -OCH3 is 1. The van der Waals surface area contributed by atoms with Gasteiger partial charge in [-0.05, 0) is 19.1 Å². The third kappa shape index (κ3) is 2.39. The number of benzene rings is 1. The number of rotatable bonds is 3. The second-order valence-electron chi connectivity index (χ2n) is 2.66. The van der Waals surface area contributed by atoms with E-state index in [2.05, 4.69) is 4.74 Å². The van der Waals surface area contributed by atoms with Crippen molar-refractivity contribution in [2.45, 2.75) is 6.92 Å². The summed E-state index contributed by atoms with van der Waals surface area (Å²) >= 11 is 5.55. The van der Waals surface area contributed by atoms with E-state index in [4.69, 9.17) is 16.3 Å². The van der Waals surface area contributed by atoms with Crippen LogP contribution in [0.1, 0.15) is 17.3 Å². The van der Waals surface area contributed by atoms with Gasteiger partial charge in [0, 0.05) is 0 Å². The summed E-state index contributed by atoms with van der Waals surface area (Å²) in [5.74, 6) is -1.50. The minimum absolute atomic E-state index is 0.107. The van der Waals surface area contributed by atoms with Gasteiger partial charge in [0.2, 0.25) is 0 Å². The summed E-state index contributed by atoms with van der Waals surface area (Å²) in [6.07, 6.45) is 0. The number of carbonyl (C=O) groups excluding carboxylic acids is 1. The predicted octanol–water partition coefficient (Wildman–Crippen LogP) is 2.66. The van der Waals surface area contributed by atoms with Crippen molar-refractivity contribution in [3.63, 3.8) is 0 Å². The molecule has 1 aromatic rings. The average molecular weight is 233 g/mol. The molecule has 1 aromatic carbocycles. The van der Waals surface area contributed by atoms with Gasteiger partial charge in [-0.1, -0.05) is 11.6 Å². The topological polar surface area (TPSA) is 35.5 Å². The zero-order chi connectivity index (χ0) is 11.4. The van der Waals surface area contributed by atoms with Gasteiger partial charge in [0.1, 0.15) is 11.3 Å². The first-order valence-corrected chi connectivity index (χ1v) is 4.68. The van der Waals surface area contributed by atoms with Crippen LogP contribution in [0.15, 0.2) is 12.1 Å². The highest BCUT2D eigenvalue weighted by Crippen LogP contribution is 2.27. The summed E-state index contributed by atoms with van der Waals surface area (Å²) in [5, 5.41) is -0.140. The third-order valence-corrected chi connectivity index (χ3v) is 2.05. The maximum atomic E-state index is 13.5. The zero-order valence-electron chi connectivity index (χ0n) is 8.34. The molecule has 0 aromatic heterocycles. The van der Waals surface area contributed by atoms with Gasteiger partial charge in [-0.2, -0.15) is 0 Å². The molecule has 0 amide bonds. The summed E-state index contributed by atoms with van der Waals surface area (Å²) in [6.45, 7) is 1.79. The Bertz CT molecular complexity index is 379. The van der Waals surface area contributed by atoms with Gasteiger partial charge in [-0.15, -0.1) is 0 Å². The zero-order valence-corrected chi connectivity index (χ0v) is 9.10. The highest BCUT2D eigenvalue weighted by atomic mass is 35.5.